The highest BCUT2D eigenvalue weighted by Gasteiger charge is 2.17. The monoisotopic (exact) mass is 316 g/mol. The maximum atomic E-state index is 12.3. The largest absolute Gasteiger partial charge is 0.354 e. The van der Waals surface area contributed by atoms with Crippen molar-refractivity contribution in [2.75, 3.05) is 6.54 Å². The number of fused-ring (bicyclic) bond motifs is 1. The van der Waals surface area contributed by atoms with Crippen molar-refractivity contribution in [3.8, 4) is 0 Å². The van der Waals surface area contributed by atoms with Gasteiger partial charge in [0.2, 0.25) is 11.8 Å². The maximum absolute atomic E-state index is 12.3. The molecule has 1 unspecified atom stereocenters. The lowest BCUT2D eigenvalue weighted by Gasteiger charge is -2.15. The molecule has 0 bridgehead atoms. The Bertz CT molecular complexity index is 693. The third-order valence-electron chi connectivity index (χ3n) is 3.67. The summed E-state index contributed by atoms with van der Waals surface area (Å²) in [6, 6.07) is 7.20. The van der Waals surface area contributed by atoms with Gasteiger partial charge in [0.1, 0.15) is 18.4 Å². The van der Waals surface area contributed by atoms with Crippen LogP contribution in [0.1, 0.15) is 33.0 Å². The van der Waals surface area contributed by atoms with E-state index in [1.54, 1.807) is 6.92 Å². The summed E-state index contributed by atoms with van der Waals surface area (Å²) in [6.45, 7) is 6.46. The van der Waals surface area contributed by atoms with Crippen LogP contribution in [0.15, 0.2) is 24.3 Å². The Morgan fingerprint density at radius 2 is 2.00 bits per heavy atom. The summed E-state index contributed by atoms with van der Waals surface area (Å²) in [5.74, 6) is 0.512. The van der Waals surface area contributed by atoms with Gasteiger partial charge in [-0.2, -0.15) is 0 Å². The molecule has 2 rings (SSSR count). The Morgan fingerprint density at radius 1 is 1.26 bits per heavy atom. The molecule has 6 heteroatoms. The Balaban J connectivity index is 2.07. The molecule has 0 aliphatic carbocycles. The zero-order valence-corrected chi connectivity index (χ0v) is 13.9. The van der Waals surface area contributed by atoms with Gasteiger partial charge >= 0.3 is 0 Å². The molecule has 0 aliphatic heterocycles. The van der Waals surface area contributed by atoms with E-state index in [1.807, 2.05) is 42.7 Å². The number of aryl methyl sites for hydroxylation is 1. The van der Waals surface area contributed by atoms with Crippen molar-refractivity contribution in [3.05, 3.63) is 30.1 Å². The van der Waals surface area contributed by atoms with Crippen LogP contribution in [0.4, 0.5) is 0 Å². The van der Waals surface area contributed by atoms with Gasteiger partial charge in [0.25, 0.3) is 0 Å². The van der Waals surface area contributed by atoms with Crippen LogP contribution in [0.25, 0.3) is 11.0 Å². The van der Waals surface area contributed by atoms with Gasteiger partial charge in [0.05, 0.1) is 11.0 Å². The van der Waals surface area contributed by atoms with Crippen molar-refractivity contribution in [2.45, 2.75) is 46.2 Å². The fourth-order valence-electron chi connectivity index (χ4n) is 2.47. The van der Waals surface area contributed by atoms with Crippen molar-refractivity contribution in [2.24, 2.45) is 0 Å². The van der Waals surface area contributed by atoms with Crippen molar-refractivity contribution in [1.29, 1.82) is 0 Å². The number of carbonyl (C=O) groups is 2. The molecule has 6 nitrogen and oxygen atoms in total. The van der Waals surface area contributed by atoms with E-state index in [2.05, 4.69) is 15.6 Å². The standard InChI is InChI=1S/C17H24N4O2/c1-4-10-18-17(23)12(3)19-16(22)11-21-14-9-7-6-8-13(14)20-15(21)5-2/h6-9,12H,4-5,10-11H2,1-3H3,(H,18,23)(H,19,22). The number of aromatic nitrogens is 2. The molecule has 2 amide bonds. The SMILES string of the molecule is CCCNC(=O)C(C)NC(=O)Cn1c(CC)nc2ccccc21. The van der Waals surface area contributed by atoms with Crippen LogP contribution in [0.5, 0.6) is 0 Å². The molecule has 0 saturated heterocycles. The molecule has 1 aromatic heterocycles. The first kappa shape index (κ1) is 17.0. The summed E-state index contributed by atoms with van der Waals surface area (Å²) in [7, 11) is 0. The summed E-state index contributed by atoms with van der Waals surface area (Å²) in [5.41, 5.74) is 1.81. The van der Waals surface area contributed by atoms with Crippen molar-refractivity contribution in [1.82, 2.24) is 20.2 Å². The molecule has 124 valence electrons. The van der Waals surface area contributed by atoms with E-state index < -0.39 is 6.04 Å². The van der Waals surface area contributed by atoms with Crippen LogP contribution in [-0.2, 0) is 22.6 Å². The molecule has 2 N–H and O–H groups in total. The molecule has 1 aromatic carbocycles. The lowest BCUT2D eigenvalue weighted by Crippen LogP contribution is -2.46. The summed E-state index contributed by atoms with van der Waals surface area (Å²) in [5, 5.41) is 5.52. The second-order valence-electron chi connectivity index (χ2n) is 5.54. The summed E-state index contributed by atoms with van der Waals surface area (Å²) < 4.78 is 1.90. The van der Waals surface area contributed by atoms with Gasteiger partial charge in [-0.3, -0.25) is 9.59 Å². The number of imidazole rings is 1. The fraction of sp³-hybridized carbons (Fsp3) is 0.471. The third kappa shape index (κ3) is 4.09. The molecule has 23 heavy (non-hydrogen) atoms. The quantitative estimate of drug-likeness (QED) is 0.815. The fourth-order valence-corrected chi connectivity index (χ4v) is 2.47. The predicted octanol–water partition coefficient (Wildman–Crippen LogP) is 1.63. The van der Waals surface area contributed by atoms with Gasteiger partial charge in [-0.25, -0.2) is 4.98 Å². The molecule has 0 aliphatic rings. The first-order valence-electron chi connectivity index (χ1n) is 8.08. The number of carbonyl (C=O) groups excluding carboxylic acids is 2. The Kier molecular flexibility index (Phi) is 5.73. The van der Waals surface area contributed by atoms with Gasteiger partial charge in [-0.05, 0) is 25.5 Å². The van der Waals surface area contributed by atoms with Crippen LogP contribution in [-0.4, -0.2) is 34.0 Å². The molecule has 0 radical (unpaired) electrons. The number of nitrogens with zero attached hydrogens (tertiary/aromatic N) is 2. The molecular weight excluding hydrogens is 292 g/mol. The molecule has 1 heterocycles. The number of benzene rings is 1. The van der Waals surface area contributed by atoms with Crippen molar-refractivity contribution < 1.29 is 9.59 Å². The summed E-state index contributed by atoms with van der Waals surface area (Å²) in [6.07, 6.45) is 1.61. The topological polar surface area (TPSA) is 76.0 Å². The van der Waals surface area contributed by atoms with E-state index in [4.69, 9.17) is 0 Å². The smallest absolute Gasteiger partial charge is 0.242 e. The first-order valence-corrected chi connectivity index (χ1v) is 8.08. The maximum Gasteiger partial charge on any atom is 0.242 e. The van der Waals surface area contributed by atoms with Gasteiger partial charge in [0.15, 0.2) is 0 Å². The normalized spacial score (nSPS) is 12.1. The number of hydrogen-bond donors (Lipinski definition) is 2. The Labute approximate surface area is 136 Å². The lowest BCUT2D eigenvalue weighted by atomic mass is 10.3. The number of nitrogens with one attached hydrogen (secondary N) is 2. The highest BCUT2D eigenvalue weighted by molar-refractivity contribution is 5.88. The minimum atomic E-state index is -0.547. The molecular formula is C17H24N4O2. The average molecular weight is 316 g/mol. The molecule has 2 aromatic rings. The molecule has 1 atom stereocenters. The highest BCUT2D eigenvalue weighted by Crippen LogP contribution is 2.16. The van der Waals surface area contributed by atoms with E-state index in [-0.39, 0.29) is 18.4 Å². The van der Waals surface area contributed by atoms with Crippen LogP contribution >= 0.6 is 0 Å². The van der Waals surface area contributed by atoms with Gasteiger partial charge in [0, 0.05) is 13.0 Å². The summed E-state index contributed by atoms with van der Waals surface area (Å²) >= 11 is 0. The first-order chi connectivity index (χ1) is 11.1. The van der Waals surface area contributed by atoms with Crippen molar-refractivity contribution >= 4 is 22.8 Å². The minimum Gasteiger partial charge on any atom is -0.354 e. The van der Waals surface area contributed by atoms with Gasteiger partial charge in [-0.15, -0.1) is 0 Å². The molecule has 0 saturated carbocycles. The predicted molar refractivity (Wildman–Crippen MR) is 90.0 cm³/mol. The Morgan fingerprint density at radius 3 is 2.70 bits per heavy atom. The van der Waals surface area contributed by atoms with Gasteiger partial charge < -0.3 is 15.2 Å². The van der Waals surface area contributed by atoms with Crippen LogP contribution in [0.2, 0.25) is 0 Å². The van der Waals surface area contributed by atoms with Crippen LogP contribution in [0, 0.1) is 0 Å². The molecule has 0 spiro atoms. The highest BCUT2D eigenvalue weighted by atomic mass is 16.2. The van der Waals surface area contributed by atoms with Crippen LogP contribution < -0.4 is 10.6 Å². The van der Waals surface area contributed by atoms with Crippen LogP contribution in [0.3, 0.4) is 0 Å². The van der Waals surface area contributed by atoms with E-state index in [0.717, 1.165) is 29.7 Å². The van der Waals surface area contributed by atoms with E-state index in [9.17, 15) is 9.59 Å². The van der Waals surface area contributed by atoms with E-state index >= 15 is 0 Å². The summed E-state index contributed by atoms with van der Waals surface area (Å²) in [4.78, 5) is 28.6. The second kappa shape index (κ2) is 7.76. The molecule has 0 fully saturated rings. The third-order valence-corrected chi connectivity index (χ3v) is 3.67. The zero-order chi connectivity index (χ0) is 16.8. The average Bonchev–Trinajstić information content (AvgIpc) is 2.90. The zero-order valence-electron chi connectivity index (χ0n) is 13.9. The van der Waals surface area contributed by atoms with E-state index in [1.165, 1.54) is 0 Å². The number of hydrogen-bond acceptors (Lipinski definition) is 3. The number of rotatable bonds is 7. The second-order valence-corrected chi connectivity index (χ2v) is 5.54. The minimum absolute atomic E-state index is 0.161. The Hall–Kier alpha value is -2.37. The van der Waals surface area contributed by atoms with Crippen molar-refractivity contribution in [3.63, 3.8) is 0 Å². The lowest BCUT2D eigenvalue weighted by molar-refractivity contribution is -0.128. The number of amides is 2. The van der Waals surface area contributed by atoms with Gasteiger partial charge in [-0.1, -0.05) is 26.0 Å². The number of para-hydroxylation sites is 2. The van der Waals surface area contributed by atoms with E-state index in [0.29, 0.717) is 6.54 Å².